The first kappa shape index (κ1) is 33.7. The molecule has 0 aromatic rings. The number of rotatable bonds is 9. The highest BCUT2D eigenvalue weighted by Crippen LogP contribution is 2.35. The Morgan fingerprint density at radius 3 is 2.24 bits per heavy atom. The molecule has 3 heterocycles. The van der Waals surface area contributed by atoms with Crippen LogP contribution in [-0.2, 0) is 28.5 Å². The lowest BCUT2D eigenvalue weighted by Gasteiger charge is -2.51. The Hall–Kier alpha value is -1.17. The normalized spacial score (nSPS) is 48.7. The Morgan fingerprint density at radius 1 is 0.881 bits per heavy atom. The van der Waals surface area contributed by atoms with Crippen molar-refractivity contribution >= 4 is 5.91 Å². The number of carbonyl (C=O) groups excluding carboxylic acids is 1. The van der Waals surface area contributed by atoms with Crippen molar-refractivity contribution in [2.45, 2.75) is 123 Å². The molecule has 3 saturated heterocycles. The van der Waals surface area contributed by atoms with Crippen LogP contribution in [0.1, 0.15) is 19.3 Å². The first-order valence-electron chi connectivity index (χ1n) is 14.1. The van der Waals surface area contributed by atoms with E-state index in [9.17, 15) is 30.3 Å². The number of hydrogen-bond acceptors (Lipinski definition) is 17. The van der Waals surface area contributed by atoms with Crippen LogP contribution in [-0.4, -0.2) is 161 Å². The number of hydrogen-bond donors (Lipinski definition) is 12. The molecule has 1 saturated carbocycles. The van der Waals surface area contributed by atoms with E-state index in [1.54, 1.807) is 7.05 Å². The van der Waals surface area contributed by atoms with E-state index >= 15 is 0 Å². The van der Waals surface area contributed by atoms with Crippen LogP contribution >= 0.6 is 0 Å². The fourth-order valence-electron chi connectivity index (χ4n) is 5.92. The average Bonchev–Trinajstić information content (AvgIpc) is 2.95. The smallest absolute Gasteiger partial charge is 0.239 e. The van der Waals surface area contributed by atoms with Gasteiger partial charge in [-0.2, -0.15) is 0 Å². The zero-order valence-electron chi connectivity index (χ0n) is 23.3. The first-order chi connectivity index (χ1) is 19.9. The van der Waals surface area contributed by atoms with Crippen LogP contribution in [0.4, 0.5) is 0 Å². The summed E-state index contributed by atoms with van der Waals surface area (Å²) in [6, 6.07) is -5.05. The van der Waals surface area contributed by atoms with Crippen molar-refractivity contribution in [2.75, 3.05) is 20.3 Å². The second-order valence-corrected chi connectivity index (χ2v) is 11.4. The Balaban J connectivity index is 1.39. The van der Waals surface area contributed by atoms with Gasteiger partial charge in [-0.05, 0) is 19.9 Å². The minimum absolute atomic E-state index is 0.0624. The predicted molar refractivity (Wildman–Crippen MR) is 141 cm³/mol. The molecule has 1 amide bonds. The van der Waals surface area contributed by atoms with Gasteiger partial charge in [0.25, 0.3) is 0 Å². The van der Waals surface area contributed by atoms with Crippen LogP contribution in [0.3, 0.4) is 0 Å². The lowest BCUT2D eigenvalue weighted by atomic mass is 9.84. The quantitative estimate of drug-likeness (QED) is 0.115. The fraction of sp³-hybridized carbons (Fsp3) is 0.958. The lowest BCUT2D eigenvalue weighted by molar-refractivity contribution is -0.367. The van der Waals surface area contributed by atoms with E-state index in [0.717, 1.165) is 0 Å². The second kappa shape index (κ2) is 14.3. The maximum Gasteiger partial charge on any atom is 0.239 e. The summed E-state index contributed by atoms with van der Waals surface area (Å²) in [6.07, 6.45) is -12.0. The third kappa shape index (κ3) is 7.04. The van der Waals surface area contributed by atoms with Gasteiger partial charge in [-0.1, -0.05) is 0 Å². The van der Waals surface area contributed by atoms with Gasteiger partial charge < -0.3 is 87.9 Å². The third-order valence-electron chi connectivity index (χ3n) is 8.41. The maximum absolute atomic E-state index is 12.1. The first-order valence-corrected chi connectivity index (χ1v) is 14.1. The molecule has 0 spiro atoms. The Kier molecular flexibility index (Phi) is 11.5. The van der Waals surface area contributed by atoms with Crippen LogP contribution in [0, 0.1) is 0 Å². The van der Waals surface area contributed by atoms with Gasteiger partial charge >= 0.3 is 0 Å². The van der Waals surface area contributed by atoms with E-state index in [2.05, 4.69) is 10.6 Å². The summed E-state index contributed by atoms with van der Waals surface area (Å²) in [5.41, 5.74) is 23.8. The highest BCUT2D eigenvalue weighted by Gasteiger charge is 2.53. The Morgan fingerprint density at radius 2 is 1.60 bits per heavy atom. The SMILES string of the molecule is CNC1C(O[C@H]2OC(CO)[C@@H](NC(=O)[C@H](N)CO)CC2O)O[C@H]2CC(N)[C@@H](O[C@@H]3C(N)C[C@@H](N)C(O)C3O)OC2C1O. The number of fused-ring (bicyclic) bond motifs is 1. The molecule has 17 atom stereocenters. The predicted octanol–water partition coefficient (Wildman–Crippen LogP) is -7.44. The summed E-state index contributed by atoms with van der Waals surface area (Å²) in [4.78, 5) is 12.1. The molecule has 0 radical (unpaired) electrons. The molecule has 4 fully saturated rings. The van der Waals surface area contributed by atoms with Crippen molar-refractivity contribution in [3.05, 3.63) is 0 Å². The number of nitrogens with two attached hydrogens (primary N) is 4. The summed E-state index contributed by atoms with van der Waals surface area (Å²) in [5, 5.41) is 67.1. The van der Waals surface area contributed by atoms with Gasteiger partial charge in [0.2, 0.25) is 5.91 Å². The van der Waals surface area contributed by atoms with Crippen LogP contribution in [0.5, 0.6) is 0 Å². The van der Waals surface area contributed by atoms with Crippen molar-refractivity contribution in [3.63, 3.8) is 0 Å². The van der Waals surface area contributed by atoms with Crippen molar-refractivity contribution in [2.24, 2.45) is 22.9 Å². The average molecular weight is 611 g/mol. The molecule has 4 rings (SSSR count). The summed E-state index contributed by atoms with van der Waals surface area (Å²) in [6.45, 7) is -1.10. The Bertz CT molecular complexity index is 895. The number of aliphatic hydroxyl groups is 6. The zero-order valence-corrected chi connectivity index (χ0v) is 23.3. The minimum Gasteiger partial charge on any atom is -0.394 e. The zero-order chi connectivity index (χ0) is 30.9. The van der Waals surface area contributed by atoms with Crippen LogP contribution in [0.2, 0.25) is 0 Å². The molecule has 0 aromatic carbocycles. The standard InChI is InChI=1S/C24H46N6O12/c1-29-15-17(35)20-13(3-9(27)22(41-20)40-19-8(26)2-7(25)16(34)18(19)36)38-24(15)42-23-12(33)4-11(14(6-32)39-23)30-21(37)10(28)5-31/h7-20,22-24,29,31-36H,2-6,25-28H2,1H3,(H,30,37)/t7-,8?,9?,10-,11+,12?,13+,14?,15?,16?,17?,18?,19-,20?,22+,23-,24?/m1/s1. The number of amides is 1. The number of ether oxygens (including phenoxy) is 5. The molecule has 0 aromatic heterocycles. The molecular formula is C24H46N6O12. The molecule has 244 valence electrons. The molecule has 4 aliphatic rings. The minimum atomic E-state index is -1.36. The highest BCUT2D eigenvalue weighted by molar-refractivity contribution is 5.81. The molecule has 10 unspecified atom stereocenters. The molecular weight excluding hydrogens is 564 g/mol. The Labute approximate surface area is 242 Å². The fourth-order valence-corrected chi connectivity index (χ4v) is 5.92. The van der Waals surface area contributed by atoms with Gasteiger partial charge in [0.15, 0.2) is 18.9 Å². The van der Waals surface area contributed by atoms with Gasteiger partial charge in [0.1, 0.15) is 42.7 Å². The van der Waals surface area contributed by atoms with Crippen molar-refractivity contribution in [1.82, 2.24) is 10.6 Å². The van der Waals surface area contributed by atoms with Crippen molar-refractivity contribution < 1.29 is 59.1 Å². The van der Waals surface area contributed by atoms with Crippen molar-refractivity contribution in [3.8, 4) is 0 Å². The van der Waals surface area contributed by atoms with E-state index in [1.807, 2.05) is 0 Å². The van der Waals surface area contributed by atoms with Crippen molar-refractivity contribution in [1.29, 1.82) is 0 Å². The largest absolute Gasteiger partial charge is 0.394 e. The summed E-state index contributed by atoms with van der Waals surface area (Å²) < 4.78 is 29.7. The number of aliphatic hydroxyl groups excluding tert-OH is 6. The van der Waals surface area contributed by atoms with Gasteiger partial charge in [-0.25, -0.2) is 0 Å². The molecule has 3 aliphatic heterocycles. The summed E-state index contributed by atoms with van der Waals surface area (Å²) in [7, 11) is 1.56. The lowest BCUT2D eigenvalue weighted by Crippen LogP contribution is -2.69. The van der Waals surface area contributed by atoms with Gasteiger partial charge in [-0.15, -0.1) is 0 Å². The van der Waals surface area contributed by atoms with Crippen LogP contribution < -0.4 is 33.6 Å². The van der Waals surface area contributed by atoms with E-state index < -0.39 is 123 Å². The monoisotopic (exact) mass is 610 g/mol. The number of likely N-dealkylation sites (N-methyl/N-ethyl adjacent to an activating group) is 1. The highest BCUT2D eigenvalue weighted by atomic mass is 16.8. The second-order valence-electron chi connectivity index (χ2n) is 11.4. The van der Waals surface area contributed by atoms with Crippen LogP contribution in [0.15, 0.2) is 0 Å². The van der Waals surface area contributed by atoms with E-state index in [1.165, 1.54) is 0 Å². The molecule has 42 heavy (non-hydrogen) atoms. The van der Waals surface area contributed by atoms with Gasteiger partial charge in [0, 0.05) is 18.5 Å². The number of nitrogens with one attached hydrogen (secondary N) is 2. The van der Waals surface area contributed by atoms with E-state index in [0.29, 0.717) is 0 Å². The molecule has 16 N–H and O–H groups in total. The molecule has 18 heteroatoms. The van der Waals surface area contributed by atoms with Gasteiger partial charge in [0.05, 0.1) is 43.5 Å². The van der Waals surface area contributed by atoms with E-state index in [4.69, 9.17) is 51.7 Å². The van der Waals surface area contributed by atoms with Crippen LogP contribution in [0.25, 0.3) is 0 Å². The molecule has 1 aliphatic carbocycles. The third-order valence-corrected chi connectivity index (χ3v) is 8.41. The summed E-state index contributed by atoms with van der Waals surface area (Å²) in [5.74, 6) is -0.674. The maximum atomic E-state index is 12.1. The van der Waals surface area contributed by atoms with E-state index in [-0.39, 0.29) is 19.3 Å². The number of carbonyl (C=O) groups is 1. The summed E-state index contributed by atoms with van der Waals surface area (Å²) >= 11 is 0. The topological polar surface area (TPSA) is 313 Å². The molecule has 18 nitrogen and oxygen atoms in total. The molecule has 0 bridgehead atoms. The van der Waals surface area contributed by atoms with Gasteiger partial charge in [-0.3, -0.25) is 4.79 Å².